The van der Waals surface area contributed by atoms with Crippen molar-refractivity contribution in [2.45, 2.75) is 45.4 Å². The number of ether oxygens (including phenoxy) is 1. The first-order chi connectivity index (χ1) is 9.95. The number of amides is 1. The normalized spacial score (nSPS) is 16.5. The minimum absolute atomic E-state index is 0.0609. The molecule has 21 heavy (non-hydrogen) atoms. The number of piperidine rings is 1. The summed E-state index contributed by atoms with van der Waals surface area (Å²) in [5.74, 6) is 0.647. The van der Waals surface area contributed by atoms with Gasteiger partial charge in [0.15, 0.2) is 6.61 Å². The van der Waals surface area contributed by atoms with Crippen LogP contribution in [0.3, 0.4) is 0 Å². The zero-order valence-corrected chi connectivity index (χ0v) is 13.3. The standard InChI is InChI=1S/C17H26N2O2/c1-17(2,3)14-7-9-15(10-8-14)21-13-16(20)18-19-11-5-4-6-12-19/h7-10H,4-6,11-13H2,1-3H3,(H,18,20). The lowest BCUT2D eigenvalue weighted by Crippen LogP contribution is -2.46. The van der Waals surface area contributed by atoms with Crippen molar-refractivity contribution in [3.8, 4) is 5.75 Å². The van der Waals surface area contributed by atoms with Gasteiger partial charge in [-0.3, -0.25) is 10.2 Å². The Balaban J connectivity index is 1.78. The van der Waals surface area contributed by atoms with Gasteiger partial charge in [0, 0.05) is 13.1 Å². The zero-order valence-electron chi connectivity index (χ0n) is 13.3. The van der Waals surface area contributed by atoms with Crippen LogP contribution < -0.4 is 10.2 Å². The van der Waals surface area contributed by atoms with Gasteiger partial charge in [-0.2, -0.15) is 0 Å². The molecular formula is C17H26N2O2. The Morgan fingerprint density at radius 2 is 1.76 bits per heavy atom. The van der Waals surface area contributed by atoms with Crippen molar-refractivity contribution in [1.82, 2.24) is 10.4 Å². The summed E-state index contributed by atoms with van der Waals surface area (Å²) in [5, 5.41) is 1.98. The zero-order chi connectivity index (χ0) is 15.3. The van der Waals surface area contributed by atoms with Crippen molar-refractivity contribution < 1.29 is 9.53 Å². The van der Waals surface area contributed by atoms with Crippen LogP contribution in [0.15, 0.2) is 24.3 Å². The average Bonchev–Trinajstić information content (AvgIpc) is 2.46. The molecule has 116 valence electrons. The van der Waals surface area contributed by atoms with Crippen molar-refractivity contribution in [3.05, 3.63) is 29.8 Å². The third-order valence-electron chi connectivity index (χ3n) is 3.73. The van der Waals surface area contributed by atoms with E-state index in [9.17, 15) is 4.79 Å². The van der Waals surface area contributed by atoms with Gasteiger partial charge in [0.25, 0.3) is 5.91 Å². The fraction of sp³-hybridized carbons (Fsp3) is 0.588. The van der Waals surface area contributed by atoms with Crippen molar-refractivity contribution >= 4 is 5.91 Å². The number of nitrogens with one attached hydrogen (secondary N) is 1. The lowest BCUT2D eigenvalue weighted by atomic mass is 9.87. The second-order valence-corrected chi connectivity index (χ2v) is 6.65. The van der Waals surface area contributed by atoms with Gasteiger partial charge in [0.1, 0.15) is 5.75 Å². The van der Waals surface area contributed by atoms with Crippen LogP contribution >= 0.6 is 0 Å². The molecule has 1 aromatic carbocycles. The molecule has 0 atom stereocenters. The molecule has 1 N–H and O–H groups in total. The van der Waals surface area contributed by atoms with E-state index in [4.69, 9.17) is 4.74 Å². The highest BCUT2D eigenvalue weighted by molar-refractivity contribution is 5.77. The average molecular weight is 290 g/mol. The lowest BCUT2D eigenvalue weighted by Gasteiger charge is -2.26. The fourth-order valence-electron chi connectivity index (χ4n) is 2.41. The van der Waals surface area contributed by atoms with E-state index in [1.807, 2.05) is 17.1 Å². The molecule has 0 spiro atoms. The van der Waals surface area contributed by atoms with Crippen LogP contribution in [0.4, 0.5) is 0 Å². The summed E-state index contributed by atoms with van der Waals surface area (Å²) in [7, 11) is 0. The van der Waals surface area contributed by atoms with Gasteiger partial charge in [0.2, 0.25) is 0 Å². The minimum atomic E-state index is -0.0863. The van der Waals surface area contributed by atoms with Gasteiger partial charge in [-0.25, -0.2) is 5.01 Å². The Labute approximate surface area is 127 Å². The molecule has 1 amide bonds. The molecule has 0 aliphatic carbocycles. The first-order valence-corrected chi connectivity index (χ1v) is 7.73. The minimum Gasteiger partial charge on any atom is -0.484 e. The molecule has 0 unspecified atom stereocenters. The summed E-state index contributed by atoms with van der Waals surface area (Å²) < 4.78 is 5.54. The number of hydrogen-bond donors (Lipinski definition) is 1. The van der Waals surface area contributed by atoms with Crippen LogP contribution in [-0.2, 0) is 10.2 Å². The van der Waals surface area contributed by atoms with Crippen LogP contribution in [0.2, 0.25) is 0 Å². The summed E-state index contributed by atoms with van der Waals surface area (Å²) in [6.07, 6.45) is 3.55. The maximum Gasteiger partial charge on any atom is 0.272 e. The molecule has 2 rings (SSSR count). The molecule has 4 nitrogen and oxygen atoms in total. The van der Waals surface area contributed by atoms with Crippen LogP contribution in [0.1, 0.15) is 45.6 Å². The molecule has 0 saturated carbocycles. The third kappa shape index (κ3) is 5.05. The van der Waals surface area contributed by atoms with E-state index in [0.717, 1.165) is 31.7 Å². The molecule has 0 bridgehead atoms. The van der Waals surface area contributed by atoms with Crippen molar-refractivity contribution in [1.29, 1.82) is 0 Å². The Hall–Kier alpha value is -1.55. The Kier molecular flexibility index (Phi) is 5.23. The molecule has 1 saturated heterocycles. The van der Waals surface area contributed by atoms with E-state index >= 15 is 0 Å². The summed E-state index contributed by atoms with van der Waals surface area (Å²) >= 11 is 0. The van der Waals surface area contributed by atoms with Gasteiger partial charge < -0.3 is 4.74 Å². The Bertz CT molecular complexity index is 457. The van der Waals surface area contributed by atoms with Crippen LogP contribution in [0, 0.1) is 0 Å². The van der Waals surface area contributed by atoms with E-state index in [0.29, 0.717) is 0 Å². The van der Waals surface area contributed by atoms with Crippen molar-refractivity contribution in [3.63, 3.8) is 0 Å². The highest BCUT2D eigenvalue weighted by Crippen LogP contribution is 2.24. The smallest absolute Gasteiger partial charge is 0.272 e. The van der Waals surface area contributed by atoms with Gasteiger partial charge in [0.05, 0.1) is 0 Å². The highest BCUT2D eigenvalue weighted by atomic mass is 16.5. The molecule has 0 radical (unpaired) electrons. The molecule has 1 aliphatic rings. The number of carbonyl (C=O) groups is 1. The number of benzene rings is 1. The Morgan fingerprint density at radius 1 is 1.14 bits per heavy atom. The van der Waals surface area contributed by atoms with Crippen molar-refractivity contribution in [2.24, 2.45) is 0 Å². The van der Waals surface area contributed by atoms with Crippen LogP contribution in [0.25, 0.3) is 0 Å². The second-order valence-electron chi connectivity index (χ2n) is 6.65. The largest absolute Gasteiger partial charge is 0.484 e. The number of rotatable bonds is 4. The first kappa shape index (κ1) is 15.8. The van der Waals surface area contributed by atoms with E-state index in [2.05, 4.69) is 38.3 Å². The number of hydrogen-bond acceptors (Lipinski definition) is 3. The molecule has 0 aromatic heterocycles. The lowest BCUT2D eigenvalue weighted by molar-refractivity contribution is -0.128. The molecule has 1 fully saturated rings. The van der Waals surface area contributed by atoms with Crippen LogP contribution in [0.5, 0.6) is 5.75 Å². The van der Waals surface area contributed by atoms with Gasteiger partial charge in [-0.1, -0.05) is 39.3 Å². The quantitative estimate of drug-likeness (QED) is 0.927. The fourth-order valence-corrected chi connectivity index (χ4v) is 2.41. The van der Waals surface area contributed by atoms with E-state index < -0.39 is 0 Å². The molecule has 1 aliphatic heterocycles. The Morgan fingerprint density at radius 3 is 2.33 bits per heavy atom. The van der Waals surface area contributed by atoms with Gasteiger partial charge in [-0.05, 0) is 36.0 Å². The number of nitrogens with zero attached hydrogens (tertiary/aromatic N) is 1. The van der Waals surface area contributed by atoms with E-state index in [1.165, 1.54) is 12.0 Å². The topological polar surface area (TPSA) is 41.6 Å². The van der Waals surface area contributed by atoms with Gasteiger partial charge >= 0.3 is 0 Å². The summed E-state index contributed by atoms with van der Waals surface area (Å²) in [4.78, 5) is 11.8. The summed E-state index contributed by atoms with van der Waals surface area (Å²) in [6.45, 7) is 8.46. The van der Waals surface area contributed by atoms with Gasteiger partial charge in [-0.15, -0.1) is 0 Å². The monoisotopic (exact) mass is 290 g/mol. The summed E-state index contributed by atoms with van der Waals surface area (Å²) in [6, 6.07) is 7.96. The second kappa shape index (κ2) is 6.94. The molecule has 1 aromatic rings. The third-order valence-corrected chi connectivity index (χ3v) is 3.73. The summed E-state index contributed by atoms with van der Waals surface area (Å²) in [5.41, 5.74) is 4.28. The van der Waals surface area contributed by atoms with Crippen LogP contribution in [-0.4, -0.2) is 30.6 Å². The highest BCUT2D eigenvalue weighted by Gasteiger charge is 2.14. The maximum atomic E-state index is 11.8. The number of carbonyl (C=O) groups excluding carboxylic acids is 1. The molecular weight excluding hydrogens is 264 g/mol. The predicted octanol–water partition coefficient (Wildman–Crippen LogP) is 2.88. The SMILES string of the molecule is CC(C)(C)c1ccc(OCC(=O)NN2CCCCC2)cc1. The maximum absolute atomic E-state index is 11.8. The molecule has 4 heteroatoms. The van der Waals surface area contributed by atoms with Crippen molar-refractivity contribution in [2.75, 3.05) is 19.7 Å². The number of hydrazine groups is 1. The first-order valence-electron chi connectivity index (χ1n) is 7.73. The molecule has 1 heterocycles. The van der Waals surface area contributed by atoms with E-state index in [-0.39, 0.29) is 17.9 Å². The predicted molar refractivity (Wildman–Crippen MR) is 84.2 cm³/mol. The van der Waals surface area contributed by atoms with E-state index in [1.54, 1.807) is 0 Å².